The molecule has 0 aliphatic carbocycles. The number of carboxylic acids is 1. The van der Waals surface area contributed by atoms with Crippen LogP contribution in [-0.2, 0) is 10.9 Å². The molecule has 0 saturated carbocycles. The van der Waals surface area contributed by atoms with Gasteiger partial charge in [-0.2, -0.15) is 0 Å². The van der Waals surface area contributed by atoms with Crippen LogP contribution in [0.4, 0.5) is 0 Å². The molecule has 0 aliphatic heterocycles. The van der Waals surface area contributed by atoms with Crippen LogP contribution in [0.15, 0.2) is 87.5 Å². The third-order valence-corrected chi connectivity index (χ3v) is 6.12. The van der Waals surface area contributed by atoms with E-state index in [9.17, 15) is 9.90 Å². The Morgan fingerprint density at radius 2 is 1.21 bits per heavy atom. The standard InChI is InChI=1S/C21H18O2S/c1-15-7-11-17(12-8-15)24(18-13-9-16(2)10-14-18)20-6-4-3-5-19(20)21(22)23/h3-14H,1-2H3. The van der Waals surface area contributed by atoms with E-state index < -0.39 is 16.9 Å². The fourth-order valence-electron chi connectivity index (χ4n) is 2.55. The normalized spacial score (nSPS) is 10.8. The van der Waals surface area contributed by atoms with Gasteiger partial charge in [-0.05, 0) is 50.2 Å². The minimum Gasteiger partial charge on any atom is -0.545 e. The Labute approximate surface area is 145 Å². The minimum absolute atomic E-state index is 0.252. The zero-order chi connectivity index (χ0) is 17.1. The molecule has 0 heterocycles. The predicted molar refractivity (Wildman–Crippen MR) is 95.3 cm³/mol. The smallest absolute Gasteiger partial charge is 0.175 e. The van der Waals surface area contributed by atoms with E-state index >= 15 is 0 Å². The van der Waals surface area contributed by atoms with Gasteiger partial charge in [0.15, 0.2) is 14.7 Å². The summed E-state index contributed by atoms with van der Waals surface area (Å²) < 4.78 is 0. The molecule has 0 spiro atoms. The summed E-state index contributed by atoms with van der Waals surface area (Å²) in [6, 6.07) is 23.7. The number of aromatic carboxylic acids is 1. The summed E-state index contributed by atoms with van der Waals surface area (Å²) >= 11 is 0. The second kappa shape index (κ2) is 6.93. The second-order valence-electron chi connectivity index (χ2n) is 5.72. The van der Waals surface area contributed by atoms with Crippen molar-refractivity contribution >= 4 is 16.9 Å². The molecule has 0 saturated heterocycles. The molecule has 3 rings (SSSR count). The molecule has 0 bridgehead atoms. The van der Waals surface area contributed by atoms with E-state index in [1.807, 2.05) is 26.0 Å². The summed E-state index contributed by atoms with van der Waals surface area (Å²) in [5.41, 5.74) is 2.61. The molecule has 0 amide bonds. The van der Waals surface area contributed by atoms with Crippen LogP contribution in [0, 0.1) is 13.8 Å². The Kier molecular flexibility index (Phi) is 4.72. The molecule has 3 aromatic carbocycles. The minimum atomic E-state index is -1.14. The molecule has 0 N–H and O–H groups in total. The number of carbonyl (C=O) groups excluding carboxylic acids is 1. The van der Waals surface area contributed by atoms with Crippen LogP contribution in [0.2, 0.25) is 0 Å². The molecule has 0 atom stereocenters. The summed E-state index contributed by atoms with van der Waals surface area (Å²) in [5.74, 6) is -1.14. The molecule has 0 unspecified atom stereocenters. The molecule has 0 fully saturated rings. The topological polar surface area (TPSA) is 40.1 Å². The third kappa shape index (κ3) is 3.36. The van der Waals surface area contributed by atoms with Crippen LogP contribution < -0.4 is 5.11 Å². The third-order valence-electron chi connectivity index (χ3n) is 3.84. The van der Waals surface area contributed by atoms with Gasteiger partial charge in [0.25, 0.3) is 0 Å². The summed E-state index contributed by atoms with van der Waals surface area (Å²) in [5, 5.41) is 11.6. The molecular weight excluding hydrogens is 316 g/mol. The van der Waals surface area contributed by atoms with Crippen molar-refractivity contribution in [2.75, 3.05) is 0 Å². The Morgan fingerprint density at radius 1 is 0.750 bits per heavy atom. The lowest BCUT2D eigenvalue weighted by molar-refractivity contribution is -0.255. The van der Waals surface area contributed by atoms with Crippen LogP contribution in [0.5, 0.6) is 0 Å². The fraction of sp³-hybridized carbons (Fsp3) is 0.0952. The molecule has 0 aromatic heterocycles. The lowest BCUT2D eigenvalue weighted by Gasteiger charge is -2.12. The fourth-order valence-corrected chi connectivity index (χ4v) is 4.73. The van der Waals surface area contributed by atoms with Gasteiger partial charge in [-0.3, -0.25) is 0 Å². The van der Waals surface area contributed by atoms with Crippen LogP contribution in [0.1, 0.15) is 21.5 Å². The average Bonchev–Trinajstić information content (AvgIpc) is 2.59. The number of aryl methyl sites for hydroxylation is 2. The van der Waals surface area contributed by atoms with Crippen molar-refractivity contribution in [3.8, 4) is 0 Å². The maximum atomic E-state index is 11.6. The van der Waals surface area contributed by atoms with E-state index in [0.29, 0.717) is 0 Å². The van der Waals surface area contributed by atoms with Crippen LogP contribution >= 0.6 is 0 Å². The van der Waals surface area contributed by atoms with Crippen LogP contribution in [0.3, 0.4) is 0 Å². The van der Waals surface area contributed by atoms with Crippen molar-refractivity contribution < 1.29 is 9.90 Å². The van der Waals surface area contributed by atoms with E-state index in [1.165, 1.54) is 11.1 Å². The van der Waals surface area contributed by atoms with E-state index in [4.69, 9.17) is 0 Å². The first-order valence-electron chi connectivity index (χ1n) is 7.74. The first-order chi connectivity index (χ1) is 11.6. The van der Waals surface area contributed by atoms with E-state index in [2.05, 4.69) is 48.5 Å². The first kappa shape index (κ1) is 16.3. The molecule has 2 nitrogen and oxygen atoms in total. The van der Waals surface area contributed by atoms with Gasteiger partial charge in [-0.15, -0.1) is 0 Å². The SMILES string of the molecule is Cc1ccc([S+](c2ccc(C)cc2)c2ccccc2C(=O)[O-])cc1. The monoisotopic (exact) mass is 334 g/mol. The van der Waals surface area contributed by atoms with Gasteiger partial charge in [-0.1, -0.05) is 47.5 Å². The Hall–Kier alpha value is -2.52. The number of carbonyl (C=O) groups is 1. The van der Waals surface area contributed by atoms with Crippen LogP contribution in [0.25, 0.3) is 0 Å². The zero-order valence-electron chi connectivity index (χ0n) is 13.7. The number of rotatable bonds is 4. The largest absolute Gasteiger partial charge is 0.545 e. The van der Waals surface area contributed by atoms with Gasteiger partial charge >= 0.3 is 0 Å². The van der Waals surface area contributed by atoms with Gasteiger partial charge in [0.2, 0.25) is 0 Å². The number of hydrogen-bond donors (Lipinski definition) is 0. The molecule has 0 aliphatic rings. The first-order valence-corrected chi connectivity index (χ1v) is 8.97. The maximum Gasteiger partial charge on any atom is 0.175 e. The Balaban J connectivity index is 2.21. The van der Waals surface area contributed by atoms with Crippen LogP contribution in [-0.4, -0.2) is 5.97 Å². The van der Waals surface area contributed by atoms with Gasteiger partial charge in [0.05, 0.1) is 22.4 Å². The number of hydrogen-bond acceptors (Lipinski definition) is 2. The lowest BCUT2D eigenvalue weighted by atomic mass is 10.2. The van der Waals surface area contributed by atoms with Crippen molar-refractivity contribution in [1.29, 1.82) is 0 Å². The molecule has 3 heteroatoms. The maximum absolute atomic E-state index is 11.6. The van der Waals surface area contributed by atoms with E-state index in [1.54, 1.807) is 12.1 Å². The van der Waals surface area contributed by atoms with Crippen molar-refractivity contribution in [3.05, 3.63) is 89.5 Å². The van der Waals surface area contributed by atoms with E-state index in [0.717, 1.165) is 14.7 Å². The summed E-state index contributed by atoms with van der Waals surface area (Å²) in [6.45, 7) is 4.09. The number of benzene rings is 3. The Bertz CT molecular complexity index is 806. The highest BCUT2D eigenvalue weighted by Crippen LogP contribution is 2.33. The molecule has 3 aromatic rings. The quantitative estimate of drug-likeness (QED) is 0.682. The van der Waals surface area contributed by atoms with Crippen molar-refractivity contribution in [2.45, 2.75) is 28.5 Å². The van der Waals surface area contributed by atoms with Crippen molar-refractivity contribution in [3.63, 3.8) is 0 Å². The van der Waals surface area contributed by atoms with Crippen molar-refractivity contribution in [1.82, 2.24) is 0 Å². The predicted octanol–water partition coefficient (Wildman–Crippen LogP) is 3.76. The lowest BCUT2D eigenvalue weighted by Crippen LogP contribution is -2.25. The average molecular weight is 334 g/mol. The van der Waals surface area contributed by atoms with Crippen molar-refractivity contribution in [2.24, 2.45) is 0 Å². The van der Waals surface area contributed by atoms with E-state index in [-0.39, 0.29) is 5.56 Å². The Morgan fingerprint density at radius 3 is 1.67 bits per heavy atom. The molecule has 24 heavy (non-hydrogen) atoms. The molecule has 120 valence electrons. The molecular formula is C21H18O2S. The highest BCUT2D eigenvalue weighted by Gasteiger charge is 2.31. The van der Waals surface area contributed by atoms with Gasteiger partial charge < -0.3 is 9.90 Å². The summed E-state index contributed by atoms with van der Waals surface area (Å²) in [7, 11) is -0.484. The van der Waals surface area contributed by atoms with Gasteiger partial charge in [-0.25, -0.2) is 0 Å². The summed E-state index contributed by atoms with van der Waals surface area (Å²) in [4.78, 5) is 14.6. The highest BCUT2D eigenvalue weighted by atomic mass is 32.2. The number of carboxylic acid groups (broad SMARTS) is 1. The van der Waals surface area contributed by atoms with Gasteiger partial charge in [0, 0.05) is 0 Å². The summed E-state index contributed by atoms with van der Waals surface area (Å²) in [6.07, 6.45) is 0. The van der Waals surface area contributed by atoms with Gasteiger partial charge in [0.1, 0.15) is 0 Å². The zero-order valence-corrected chi connectivity index (χ0v) is 14.5. The molecule has 0 radical (unpaired) electrons. The highest BCUT2D eigenvalue weighted by molar-refractivity contribution is 7.97. The second-order valence-corrected chi connectivity index (χ2v) is 7.71.